The number of amides is 1. The van der Waals surface area contributed by atoms with Crippen molar-refractivity contribution in [3.05, 3.63) is 28.5 Å². The Labute approximate surface area is 137 Å². The number of hydrogen-bond donors (Lipinski definition) is 1. The van der Waals surface area contributed by atoms with Gasteiger partial charge in [-0.15, -0.1) is 0 Å². The molecule has 0 aromatic carbocycles. The maximum atomic E-state index is 11.8. The number of ether oxygens (including phenoxy) is 1. The van der Waals surface area contributed by atoms with Crippen LogP contribution >= 0.6 is 11.6 Å². The molecule has 1 aromatic heterocycles. The molecule has 122 valence electrons. The van der Waals surface area contributed by atoms with Crippen LogP contribution in [-0.2, 0) is 4.74 Å². The molecule has 1 fully saturated rings. The van der Waals surface area contributed by atoms with E-state index in [-0.39, 0.29) is 12.1 Å². The number of aryl methyl sites for hydroxylation is 1. The second kappa shape index (κ2) is 6.84. The highest BCUT2D eigenvalue weighted by atomic mass is 35.5. The molecule has 2 heterocycles. The van der Waals surface area contributed by atoms with Gasteiger partial charge in [-0.05, 0) is 57.7 Å². The van der Waals surface area contributed by atoms with E-state index in [1.54, 1.807) is 0 Å². The average Bonchev–Trinajstić information content (AvgIpc) is 2.86. The summed E-state index contributed by atoms with van der Waals surface area (Å²) >= 11 is 5.99. The van der Waals surface area contributed by atoms with Crippen LogP contribution < -0.4 is 5.32 Å². The molecule has 1 aliphatic heterocycles. The Morgan fingerprint density at radius 1 is 1.55 bits per heavy atom. The highest BCUT2D eigenvalue weighted by Crippen LogP contribution is 2.32. The van der Waals surface area contributed by atoms with Crippen molar-refractivity contribution in [2.24, 2.45) is 0 Å². The second-order valence-electron chi connectivity index (χ2n) is 6.68. The Balaban J connectivity index is 1.96. The molecule has 0 saturated carbocycles. The third-order valence-corrected chi connectivity index (χ3v) is 4.01. The standard InChI is InChI=1S/C16H24ClN3O2/c1-11-8-12(9-18-14(11)17)13-6-5-7-20(13)10-19-15(21)22-16(2,3)4/h8-9,13H,5-7,10H2,1-4H3,(H,19,21)/t13-/m0/s1. The quantitative estimate of drug-likeness (QED) is 0.862. The maximum absolute atomic E-state index is 11.8. The molecule has 1 aromatic rings. The number of hydrogen-bond acceptors (Lipinski definition) is 4. The Morgan fingerprint density at radius 2 is 2.27 bits per heavy atom. The largest absolute Gasteiger partial charge is 0.444 e. The van der Waals surface area contributed by atoms with E-state index < -0.39 is 5.60 Å². The van der Waals surface area contributed by atoms with Crippen molar-refractivity contribution in [3.63, 3.8) is 0 Å². The molecule has 1 amide bonds. The fraction of sp³-hybridized carbons (Fsp3) is 0.625. The van der Waals surface area contributed by atoms with Gasteiger partial charge >= 0.3 is 6.09 Å². The number of likely N-dealkylation sites (tertiary alicyclic amines) is 1. The Morgan fingerprint density at radius 3 is 2.91 bits per heavy atom. The van der Waals surface area contributed by atoms with E-state index >= 15 is 0 Å². The Hall–Kier alpha value is -1.33. The van der Waals surface area contributed by atoms with Crippen molar-refractivity contribution in [1.29, 1.82) is 0 Å². The lowest BCUT2D eigenvalue weighted by Gasteiger charge is -2.26. The van der Waals surface area contributed by atoms with Gasteiger partial charge in [-0.2, -0.15) is 0 Å². The maximum Gasteiger partial charge on any atom is 0.408 e. The number of pyridine rings is 1. The number of alkyl carbamates (subject to hydrolysis) is 1. The summed E-state index contributed by atoms with van der Waals surface area (Å²) < 4.78 is 5.27. The van der Waals surface area contributed by atoms with Crippen molar-refractivity contribution in [1.82, 2.24) is 15.2 Å². The van der Waals surface area contributed by atoms with Crippen molar-refractivity contribution in [2.75, 3.05) is 13.2 Å². The zero-order valence-corrected chi connectivity index (χ0v) is 14.4. The first-order chi connectivity index (χ1) is 10.3. The molecule has 1 N–H and O–H groups in total. The van der Waals surface area contributed by atoms with Gasteiger partial charge in [0.15, 0.2) is 0 Å². The van der Waals surface area contributed by atoms with Crippen molar-refractivity contribution < 1.29 is 9.53 Å². The van der Waals surface area contributed by atoms with Crippen LogP contribution in [0.3, 0.4) is 0 Å². The summed E-state index contributed by atoms with van der Waals surface area (Å²) in [5.74, 6) is 0. The topological polar surface area (TPSA) is 54.5 Å². The van der Waals surface area contributed by atoms with Crippen LogP contribution in [-0.4, -0.2) is 34.8 Å². The third kappa shape index (κ3) is 4.58. The summed E-state index contributed by atoms with van der Waals surface area (Å²) in [6.07, 6.45) is 3.59. The molecule has 5 nitrogen and oxygen atoms in total. The van der Waals surface area contributed by atoms with E-state index in [1.807, 2.05) is 33.9 Å². The smallest absolute Gasteiger partial charge is 0.408 e. The fourth-order valence-electron chi connectivity index (χ4n) is 2.64. The van der Waals surface area contributed by atoms with Crippen molar-refractivity contribution in [3.8, 4) is 0 Å². The summed E-state index contributed by atoms with van der Waals surface area (Å²) in [5.41, 5.74) is 1.64. The van der Waals surface area contributed by atoms with Crippen molar-refractivity contribution >= 4 is 17.7 Å². The molecule has 2 rings (SSSR count). The first-order valence-corrected chi connectivity index (χ1v) is 7.97. The van der Waals surface area contributed by atoms with Gasteiger partial charge in [-0.1, -0.05) is 11.6 Å². The van der Waals surface area contributed by atoms with E-state index in [4.69, 9.17) is 16.3 Å². The summed E-state index contributed by atoms with van der Waals surface area (Å²) in [4.78, 5) is 18.2. The number of aromatic nitrogens is 1. The van der Waals surface area contributed by atoms with Gasteiger partial charge in [0.25, 0.3) is 0 Å². The summed E-state index contributed by atoms with van der Waals surface area (Å²) in [6.45, 7) is 8.94. The van der Waals surface area contributed by atoms with Gasteiger partial charge < -0.3 is 10.1 Å². The normalized spacial score (nSPS) is 19.2. The number of carbonyl (C=O) groups is 1. The minimum Gasteiger partial charge on any atom is -0.444 e. The van der Waals surface area contributed by atoms with Crippen LogP contribution in [0.15, 0.2) is 12.3 Å². The molecule has 1 atom stereocenters. The molecule has 6 heteroatoms. The number of rotatable bonds is 3. The first kappa shape index (κ1) is 17.0. The number of carbonyl (C=O) groups excluding carboxylic acids is 1. The van der Waals surface area contributed by atoms with Gasteiger partial charge in [-0.3, -0.25) is 4.90 Å². The van der Waals surface area contributed by atoms with E-state index in [2.05, 4.69) is 21.3 Å². The zero-order valence-electron chi connectivity index (χ0n) is 13.6. The highest BCUT2D eigenvalue weighted by Gasteiger charge is 2.27. The van der Waals surface area contributed by atoms with Crippen LogP contribution in [0, 0.1) is 6.92 Å². The summed E-state index contributed by atoms with van der Waals surface area (Å²) in [6, 6.07) is 2.34. The highest BCUT2D eigenvalue weighted by molar-refractivity contribution is 6.30. The number of nitrogens with one attached hydrogen (secondary N) is 1. The fourth-order valence-corrected chi connectivity index (χ4v) is 2.74. The van der Waals surface area contributed by atoms with Gasteiger partial charge in [0.1, 0.15) is 10.8 Å². The average molecular weight is 326 g/mol. The summed E-state index contributed by atoms with van der Waals surface area (Å²) in [7, 11) is 0. The van der Waals surface area contributed by atoms with Crippen LogP contribution in [0.4, 0.5) is 4.79 Å². The molecular formula is C16H24ClN3O2. The van der Waals surface area contributed by atoms with E-state index in [0.29, 0.717) is 11.8 Å². The van der Waals surface area contributed by atoms with Gasteiger partial charge in [-0.25, -0.2) is 9.78 Å². The lowest BCUT2D eigenvalue weighted by atomic mass is 10.1. The first-order valence-electron chi connectivity index (χ1n) is 7.59. The molecule has 22 heavy (non-hydrogen) atoms. The van der Waals surface area contributed by atoms with E-state index in [9.17, 15) is 4.79 Å². The Kier molecular flexibility index (Phi) is 5.29. The van der Waals surface area contributed by atoms with Gasteiger partial charge in [0.05, 0.1) is 6.67 Å². The molecule has 1 aliphatic rings. The van der Waals surface area contributed by atoms with Crippen LogP contribution in [0.25, 0.3) is 0 Å². The van der Waals surface area contributed by atoms with Crippen LogP contribution in [0.5, 0.6) is 0 Å². The monoisotopic (exact) mass is 325 g/mol. The van der Waals surface area contributed by atoms with Crippen LogP contribution in [0.1, 0.15) is 50.8 Å². The zero-order chi connectivity index (χ0) is 16.3. The SMILES string of the molecule is Cc1cc([C@@H]2CCCN2CNC(=O)OC(C)(C)C)cnc1Cl. The Bertz CT molecular complexity index is 543. The van der Waals surface area contributed by atoms with Gasteiger partial charge in [0.2, 0.25) is 0 Å². The molecule has 0 bridgehead atoms. The lowest BCUT2D eigenvalue weighted by molar-refractivity contribution is 0.0486. The van der Waals surface area contributed by atoms with Crippen molar-refractivity contribution in [2.45, 2.75) is 52.2 Å². The number of halogens is 1. The molecular weight excluding hydrogens is 302 g/mol. The molecule has 0 unspecified atom stereocenters. The summed E-state index contributed by atoms with van der Waals surface area (Å²) in [5, 5.41) is 3.37. The molecule has 0 spiro atoms. The molecule has 0 radical (unpaired) electrons. The number of nitrogens with zero attached hydrogens (tertiary/aromatic N) is 2. The predicted molar refractivity (Wildman–Crippen MR) is 86.9 cm³/mol. The predicted octanol–water partition coefficient (Wildman–Crippen LogP) is 3.66. The molecule has 1 saturated heterocycles. The minimum absolute atomic E-state index is 0.262. The van der Waals surface area contributed by atoms with E-state index in [1.165, 1.54) is 0 Å². The molecule has 0 aliphatic carbocycles. The van der Waals surface area contributed by atoms with Crippen LogP contribution in [0.2, 0.25) is 5.15 Å². The second-order valence-corrected chi connectivity index (χ2v) is 7.04. The lowest BCUT2D eigenvalue weighted by Crippen LogP contribution is -2.40. The van der Waals surface area contributed by atoms with E-state index in [0.717, 1.165) is 30.5 Å². The van der Waals surface area contributed by atoms with Gasteiger partial charge in [0, 0.05) is 18.8 Å². The third-order valence-electron chi connectivity index (χ3n) is 3.61. The minimum atomic E-state index is -0.480.